The molecule has 9 nitrogen and oxygen atoms in total. The van der Waals surface area contributed by atoms with Crippen molar-refractivity contribution >= 4 is 39.8 Å². The van der Waals surface area contributed by atoms with Crippen molar-refractivity contribution < 1.29 is 9.53 Å². The van der Waals surface area contributed by atoms with Crippen LogP contribution in [0, 0.1) is 16.7 Å². The highest BCUT2D eigenvalue weighted by Gasteiger charge is 2.46. The highest BCUT2D eigenvalue weighted by atomic mass is 35.5. The summed E-state index contributed by atoms with van der Waals surface area (Å²) >= 11 is 6.73. The van der Waals surface area contributed by atoms with Crippen LogP contribution in [0.4, 0.5) is 11.5 Å². The predicted octanol–water partition coefficient (Wildman–Crippen LogP) is 5.22. The molecular formula is C35H40ClN7O2. The van der Waals surface area contributed by atoms with Crippen LogP contribution in [-0.4, -0.2) is 84.1 Å². The normalized spacial score (nSPS) is 20.6. The monoisotopic (exact) mass is 625 g/mol. The molecule has 45 heavy (non-hydrogen) atoms. The minimum Gasteiger partial charge on any atom is -0.463 e. The Balaban J connectivity index is 1.20. The summed E-state index contributed by atoms with van der Waals surface area (Å²) in [5.41, 5.74) is 3.32. The molecule has 234 valence electrons. The van der Waals surface area contributed by atoms with E-state index >= 15 is 0 Å². The first kappa shape index (κ1) is 29.8. The molecule has 7 rings (SSSR count). The number of piperazine rings is 1. The molecule has 4 aliphatic rings. The Morgan fingerprint density at radius 1 is 1.18 bits per heavy atom. The molecule has 3 aromatic rings. The third-order valence-electron chi connectivity index (χ3n) is 9.98. The second-order valence-corrected chi connectivity index (χ2v) is 13.6. The molecule has 1 unspecified atom stereocenters. The fraction of sp³-hybridized carbons (Fsp3) is 0.486. The van der Waals surface area contributed by atoms with Gasteiger partial charge in [-0.25, -0.2) is 0 Å². The number of hydrogen-bond donors (Lipinski definition) is 0. The first-order valence-corrected chi connectivity index (χ1v) is 16.5. The topological polar surface area (TPSA) is 88.8 Å². The van der Waals surface area contributed by atoms with Crippen molar-refractivity contribution in [1.29, 1.82) is 5.26 Å². The van der Waals surface area contributed by atoms with Crippen LogP contribution < -0.4 is 14.5 Å². The third-order valence-corrected chi connectivity index (χ3v) is 10.3. The van der Waals surface area contributed by atoms with Gasteiger partial charge in [-0.15, -0.1) is 0 Å². The van der Waals surface area contributed by atoms with E-state index in [9.17, 15) is 10.1 Å². The van der Waals surface area contributed by atoms with Crippen LogP contribution in [0.15, 0.2) is 49.1 Å². The lowest BCUT2D eigenvalue weighted by molar-refractivity contribution is -0.128. The third kappa shape index (κ3) is 6.06. The lowest BCUT2D eigenvalue weighted by Gasteiger charge is -2.42. The van der Waals surface area contributed by atoms with Gasteiger partial charge in [-0.2, -0.15) is 15.2 Å². The predicted molar refractivity (Wildman–Crippen MR) is 177 cm³/mol. The number of fused-ring (bicyclic) bond motifs is 2. The Morgan fingerprint density at radius 2 is 1.98 bits per heavy atom. The summed E-state index contributed by atoms with van der Waals surface area (Å²) in [6.07, 6.45) is 7.25. The maximum absolute atomic E-state index is 12.6. The van der Waals surface area contributed by atoms with E-state index in [-0.39, 0.29) is 23.8 Å². The minimum absolute atomic E-state index is 0.140. The zero-order valence-electron chi connectivity index (χ0n) is 25.9. The van der Waals surface area contributed by atoms with E-state index in [1.807, 2.05) is 12.1 Å². The summed E-state index contributed by atoms with van der Waals surface area (Å²) in [5, 5.41) is 12.5. The fourth-order valence-electron chi connectivity index (χ4n) is 7.11. The molecule has 2 aliphatic heterocycles. The van der Waals surface area contributed by atoms with E-state index in [0.717, 1.165) is 77.0 Å². The van der Waals surface area contributed by atoms with Crippen molar-refractivity contribution in [3.8, 4) is 12.1 Å². The molecule has 1 aromatic heterocycles. The van der Waals surface area contributed by atoms with Crippen LogP contribution in [0.2, 0.25) is 5.02 Å². The van der Waals surface area contributed by atoms with Gasteiger partial charge in [0.05, 0.1) is 42.4 Å². The van der Waals surface area contributed by atoms with Crippen LogP contribution in [0.1, 0.15) is 43.4 Å². The first-order chi connectivity index (χ1) is 21.9. The summed E-state index contributed by atoms with van der Waals surface area (Å²) in [6.45, 7) is 8.35. The number of amides is 1. The minimum atomic E-state index is -0.241. The SMILES string of the molecule is C=CC(=O)N1CCN(c2nc(OCC3(CN(C)C4CC4)CC3)nc3c2CCN(c2cccc4cccc(Cl)c24)C3)CC1CC#N. The number of benzene rings is 2. The van der Waals surface area contributed by atoms with Crippen molar-refractivity contribution in [1.82, 2.24) is 19.8 Å². The Bertz CT molecular complexity index is 1660. The second-order valence-electron chi connectivity index (χ2n) is 13.2. The zero-order chi connectivity index (χ0) is 31.1. The van der Waals surface area contributed by atoms with Gasteiger partial charge in [0.15, 0.2) is 0 Å². The zero-order valence-corrected chi connectivity index (χ0v) is 26.7. The fourth-order valence-corrected chi connectivity index (χ4v) is 7.39. The lowest BCUT2D eigenvalue weighted by atomic mass is 10.0. The molecule has 2 aliphatic carbocycles. The number of nitriles is 1. The lowest BCUT2D eigenvalue weighted by Crippen LogP contribution is -2.55. The second kappa shape index (κ2) is 12.1. The molecule has 3 heterocycles. The summed E-state index contributed by atoms with van der Waals surface area (Å²) in [5.74, 6) is 0.720. The van der Waals surface area contributed by atoms with Crippen LogP contribution in [-0.2, 0) is 17.8 Å². The Kier molecular flexibility index (Phi) is 8.05. The molecule has 1 atom stereocenters. The van der Waals surface area contributed by atoms with Crippen molar-refractivity contribution in [2.24, 2.45) is 5.41 Å². The number of ether oxygens (including phenoxy) is 1. The van der Waals surface area contributed by atoms with Gasteiger partial charge in [0, 0.05) is 60.8 Å². The van der Waals surface area contributed by atoms with Crippen LogP contribution in [0.3, 0.4) is 0 Å². The Hall–Kier alpha value is -3.87. The molecule has 0 N–H and O–H groups in total. The van der Waals surface area contributed by atoms with Gasteiger partial charge in [-0.3, -0.25) is 4.79 Å². The average molecular weight is 626 g/mol. The van der Waals surface area contributed by atoms with Gasteiger partial charge in [0.1, 0.15) is 5.82 Å². The van der Waals surface area contributed by atoms with Crippen LogP contribution in [0.5, 0.6) is 6.01 Å². The molecule has 2 aromatic carbocycles. The Morgan fingerprint density at radius 3 is 2.71 bits per heavy atom. The van der Waals surface area contributed by atoms with Gasteiger partial charge in [0.25, 0.3) is 0 Å². The standard InChI is InChI=1S/C35H40ClN7O2/c1-3-31(44)43-19-18-42(20-26(43)12-16-37)33-27-13-17-41(30-9-5-7-24-6-4-8-28(36)32(24)30)21-29(27)38-34(39-33)45-23-35(14-15-35)22-40(2)25-10-11-25/h3-9,25-26H,1,10-15,17-23H2,2H3. The molecule has 0 radical (unpaired) electrons. The Labute approximate surface area is 270 Å². The molecule has 2 saturated carbocycles. The highest BCUT2D eigenvalue weighted by molar-refractivity contribution is 6.36. The maximum Gasteiger partial charge on any atom is 0.318 e. The molecule has 0 bridgehead atoms. The molecule has 10 heteroatoms. The van der Waals surface area contributed by atoms with Crippen molar-refractivity contribution in [2.75, 3.05) is 56.2 Å². The van der Waals surface area contributed by atoms with Gasteiger partial charge in [0.2, 0.25) is 5.91 Å². The van der Waals surface area contributed by atoms with E-state index in [0.29, 0.717) is 38.8 Å². The summed E-state index contributed by atoms with van der Waals surface area (Å²) in [6, 6.07) is 15.5. The van der Waals surface area contributed by atoms with Gasteiger partial charge < -0.3 is 24.3 Å². The summed E-state index contributed by atoms with van der Waals surface area (Å²) < 4.78 is 6.47. The largest absolute Gasteiger partial charge is 0.463 e. The number of halogens is 1. The van der Waals surface area contributed by atoms with Crippen molar-refractivity contribution in [3.05, 3.63) is 65.3 Å². The van der Waals surface area contributed by atoms with Crippen LogP contribution in [0.25, 0.3) is 10.8 Å². The molecule has 3 fully saturated rings. The number of anilines is 2. The van der Waals surface area contributed by atoms with Crippen molar-refractivity contribution in [3.63, 3.8) is 0 Å². The maximum atomic E-state index is 12.6. The van der Waals surface area contributed by atoms with Gasteiger partial charge in [-0.1, -0.05) is 42.4 Å². The number of hydrogen-bond acceptors (Lipinski definition) is 8. The smallest absolute Gasteiger partial charge is 0.318 e. The van der Waals surface area contributed by atoms with E-state index in [2.05, 4.69) is 58.7 Å². The molecule has 1 saturated heterocycles. The van der Waals surface area contributed by atoms with Gasteiger partial charge in [-0.05, 0) is 62.7 Å². The quantitative estimate of drug-likeness (QED) is 0.284. The van der Waals surface area contributed by atoms with E-state index < -0.39 is 0 Å². The number of rotatable bonds is 10. The van der Waals surface area contributed by atoms with Crippen molar-refractivity contribution in [2.45, 2.75) is 57.2 Å². The molecule has 0 spiro atoms. The molecular weight excluding hydrogens is 586 g/mol. The van der Waals surface area contributed by atoms with E-state index in [1.165, 1.54) is 18.9 Å². The first-order valence-electron chi connectivity index (χ1n) is 16.1. The van der Waals surface area contributed by atoms with E-state index in [1.54, 1.807) is 4.90 Å². The summed E-state index contributed by atoms with van der Waals surface area (Å²) in [4.78, 5) is 31.5. The van der Waals surface area contributed by atoms with Crippen LogP contribution >= 0.6 is 11.6 Å². The number of aromatic nitrogens is 2. The number of nitrogens with zero attached hydrogens (tertiary/aromatic N) is 7. The average Bonchev–Trinajstić information content (AvgIpc) is 3.99. The number of carbonyl (C=O) groups excluding carboxylic acids is 1. The molecule has 1 amide bonds. The summed E-state index contributed by atoms with van der Waals surface area (Å²) in [7, 11) is 2.23. The van der Waals surface area contributed by atoms with E-state index in [4.69, 9.17) is 26.3 Å². The highest BCUT2D eigenvalue weighted by Crippen LogP contribution is 2.48. The van der Waals surface area contributed by atoms with Gasteiger partial charge >= 0.3 is 6.01 Å². The number of carbonyl (C=O) groups is 1.